The fraction of sp³-hybridized carbons (Fsp3) is 0.200. The maximum absolute atomic E-state index is 14.5. The van der Waals surface area contributed by atoms with E-state index in [1.54, 1.807) is 7.05 Å². The highest BCUT2D eigenvalue weighted by Gasteiger charge is 2.46. The normalized spacial score (nSPS) is 17.3. The van der Waals surface area contributed by atoms with Gasteiger partial charge in [0.25, 0.3) is 0 Å². The van der Waals surface area contributed by atoms with Crippen molar-refractivity contribution in [3.8, 4) is 0 Å². The van der Waals surface area contributed by atoms with Gasteiger partial charge in [-0.1, -0.05) is 29.4 Å². The van der Waals surface area contributed by atoms with Crippen LogP contribution in [0.1, 0.15) is 21.5 Å². The number of ketones is 1. The molecule has 5 nitrogen and oxygen atoms in total. The van der Waals surface area contributed by atoms with Crippen molar-refractivity contribution in [3.63, 3.8) is 0 Å². The van der Waals surface area contributed by atoms with Crippen molar-refractivity contribution in [1.29, 1.82) is 0 Å². The van der Waals surface area contributed by atoms with Crippen molar-refractivity contribution in [3.05, 3.63) is 81.4 Å². The van der Waals surface area contributed by atoms with Gasteiger partial charge < -0.3 is 14.6 Å². The van der Waals surface area contributed by atoms with Crippen LogP contribution in [0.4, 0.5) is 30.7 Å². The molecule has 2 aliphatic rings. The van der Waals surface area contributed by atoms with Crippen LogP contribution in [0, 0.1) is 29.1 Å². The van der Waals surface area contributed by atoms with E-state index in [-0.39, 0.29) is 34.9 Å². The fourth-order valence-electron chi connectivity index (χ4n) is 3.64. The largest absolute Gasteiger partial charge is 0.452 e. The van der Waals surface area contributed by atoms with Crippen LogP contribution < -0.4 is 0 Å². The maximum atomic E-state index is 14.5. The van der Waals surface area contributed by atoms with E-state index in [0.717, 1.165) is 0 Å². The first-order chi connectivity index (χ1) is 15.0. The second-order valence-electron chi connectivity index (χ2n) is 7.10. The molecule has 32 heavy (non-hydrogen) atoms. The molecule has 0 saturated carbocycles. The lowest BCUT2D eigenvalue weighted by Gasteiger charge is -2.23. The van der Waals surface area contributed by atoms with Crippen LogP contribution in [0.3, 0.4) is 0 Å². The molecule has 1 heterocycles. The van der Waals surface area contributed by atoms with Crippen molar-refractivity contribution in [1.82, 2.24) is 9.80 Å². The van der Waals surface area contributed by atoms with Crippen molar-refractivity contribution < 1.29 is 40.4 Å². The number of rotatable bonds is 3. The number of benzene rings is 2. The lowest BCUT2D eigenvalue weighted by Crippen LogP contribution is -2.29. The van der Waals surface area contributed by atoms with E-state index < -0.39 is 46.5 Å². The van der Waals surface area contributed by atoms with Gasteiger partial charge in [-0.15, -0.1) is 0 Å². The molecule has 0 N–H and O–H groups in total. The summed E-state index contributed by atoms with van der Waals surface area (Å²) >= 11 is 0. The summed E-state index contributed by atoms with van der Waals surface area (Å²) in [6.45, 7) is 0.192. The predicted octanol–water partition coefficient (Wildman–Crippen LogP) is 4.09. The maximum Gasteiger partial charge on any atom is 0.452 e. The number of halogens is 7. The molecule has 1 aliphatic carbocycles. The smallest absolute Gasteiger partial charge is 0.353 e. The number of hydrogen-bond donors (Lipinski definition) is 0. The number of fused-ring (bicyclic) bond motifs is 1. The molecule has 0 radical (unpaired) electrons. The number of allylic oxidation sites excluding steroid dienone is 2. The van der Waals surface area contributed by atoms with Crippen LogP contribution in [0.2, 0.25) is 0 Å². The lowest BCUT2D eigenvalue weighted by atomic mass is 9.90. The second-order valence-corrected chi connectivity index (χ2v) is 7.10. The molecule has 168 valence electrons. The molecular weight excluding hydrogens is 447 g/mol. The number of carbonyl (C=O) groups is 1. The minimum atomic E-state index is -5.03. The van der Waals surface area contributed by atoms with Gasteiger partial charge in [0.2, 0.25) is 11.6 Å². The van der Waals surface area contributed by atoms with E-state index >= 15 is 0 Å². The van der Waals surface area contributed by atoms with Crippen molar-refractivity contribution in [2.24, 2.45) is 5.16 Å². The van der Waals surface area contributed by atoms with Crippen molar-refractivity contribution in [2.45, 2.75) is 6.11 Å². The SMILES string of the molecule is CN1CN(C)C2=C1C(=O)c1ccccc1C2=NOC(F)(F)c1c(F)c(F)c(F)c(F)c1F. The Labute approximate surface area is 176 Å². The van der Waals surface area contributed by atoms with E-state index in [9.17, 15) is 35.5 Å². The molecule has 0 atom stereocenters. The summed E-state index contributed by atoms with van der Waals surface area (Å²) in [7, 11) is 3.12. The van der Waals surface area contributed by atoms with Crippen LogP contribution in [-0.2, 0) is 10.9 Å². The van der Waals surface area contributed by atoms with Gasteiger partial charge in [-0.05, 0) is 0 Å². The number of hydrogen-bond acceptors (Lipinski definition) is 5. The summed E-state index contributed by atoms with van der Waals surface area (Å²) in [6, 6.07) is 5.84. The summed E-state index contributed by atoms with van der Waals surface area (Å²) < 4.78 is 96.8. The van der Waals surface area contributed by atoms with E-state index in [2.05, 4.69) is 9.99 Å². The first-order valence-corrected chi connectivity index (χ1v) is 8.94. The third-order valence-electron chi connectivity index (χ3n) is 5.03. The van der Waals surface area contributed by atoms with Crippen molar-refractivity contribution in [2.75, 3.05) is 20.8 Å². The summed E-state index contributed by atoms with van der Waals surface area (Å²) in [6.07, 6.45) is -5.03. The number of likely N-dealkylation sites (N-methyl/N-ethyl adjacent to an activating group) is 2. The molecule has 0 bridgehead atoms. The Hall–Kier alpha value is -3.57. The van der Waals surface area contributed by atoms with Crippen LogP contribution in [0.5, 0.6) is 0 Å². The molecule has 12 heteroatoms. The van der Waals surface area contributed by atoms with Crippen LogP contribution in [0.15, 0.2) is 40.8 Å². The highest BCUT2D eigenvalue weighted by atomic mass is 19.3. The Bertz CT molecular complexity index is 1200. The average Bonchev–Trinajstić information content (AvgIpc) is 3.05. The third-order valence-corrected chi connectivity index (χ3v) is 5.03. The van der Waals surface area contributed by atoms with Gasteiger partial charge >= 0.3 is 6.11 Å². The van der Waals surface area contributed by atoms with Gasteiger partial charge in [0.15, 0.2) is 23.3 Å². The Kier molecular flexibility index (Phi) is 4.90. The highest BCUT2D eigenvalue weighted by Crippen LogP contribution is 2.39. The quantitative estimate of drug-likeness (QED) is 0.300. The van der Waals surface area contributed by atoms with E-state index in [1.807, 2.05) is 0 Å². The zero-order valence-electron chi connectivity index (χ0n) is 16.3. The molecule has 0 spiro atoms. The van der Waals surface area contributed by atoms with Crippen molar-refractivity contribution >= 4 is 11.5 Å². The summed E-state index contributed by atoms with van der Waals surface area (Å²) in [5.74, 6) is -13.6. The first kappa shape index (κ1) is 21.7. The minimum absolute atomic E-state index is 0.0895. The summed E-state index contributed by atoms with van der Waals surface area (Å²) in [4.78, 5) is 19.9. The van der Waals surface area contributed by atoms with Gasteiger partial charge in [0.05, 0.1) is 12.4 Å². The zero-order valence-corrected chi connectivity index (χ0v) is 16.3. The number of nitrogens with zero attached hydrogens (tertiary/aromatic N) is 3. The Balaban J connectivity index is 1.85. The number of Topliss-reactive ketones (excluding diaryl/α,β-unsaturated/α-hetero) is 1. The van der Waals surface area contributed by atoms with Crippen LogP contribution in [-0.4, -0.2) is 42.1 Å². The minimum Gasteiger partial charge on any atom is -0.353 e. The molecule has 2 aromatic carbocycles. The molecule has 0 unspecified atom stereocenters. The molecular formula is C20H12F7N3O2. The first-order valence-electron chi connectivity index (χ1n) is 8.94. The molecule has 4 rings (SSSR count). The Morgan fingerprint density at radius 1 is 0.844 bits per heavy atom. The standard InChI is InChI=1S/C20H12F7N3O2/c1-29-7-30(2)18-17(29)16(8-5-3-4-6-9(8)19(18)31)28-32-20(26,27)10-11(21)13(23)15(25)14(24)12(10)22/h3-6H,7H2,1-2H3. The molecule has 0 fully saturated rings. The van der Waals surface area contributed by atoms with E-state index in [4.69, 9.17) is 0 Å². The molecule has 0 amide bonds. The third kappa shape index (κ3) is 3.00. The Morgan fingerprint density at radius 2 is 1.34 bits per heavy atom. The van der Waals surface area contributed by atoms with Crippen LogP contribution in [0.25, 0.3) is 0 Å². The summed E-state index contributed by atoms with van der Waals surface area (Å²) in [5, 5.41) is 3.31. The van der Waals surface area contributed by atoms with E-state index in [1.165, 1.54) is 41.1 Å². The highest BCUT2D eigenvalue weighted by molar-refractivity contribution is 6.28. The van der Waals surface area contributed by atoms with Gasteiger partial charge in [0, 0.05) is 25.2 Å². The average molecular weight is 459 g/mol. The number of oxime groups is 1. The molecule has 1 aliphatic heterocycles. The molecule has 2 aromatic rings. The van der Waals surface area contributed by atoms with Gasteiger partial charge in [0.1, 0.15) is 17.0 Å². The van der Waals surface area contributed by atoms with Gasteiger partial charge in [-0.3, -0.25) is 4.79 Å². The molecule has 0 aromatic heterocycles. The monoisotopic (exact) mass is 459 g/mol. The lowest BCUT2D eigenvalue weighted by molar-refractivity contribution is -0.253. The van der Waals surface area contributed by atoms with Crippen LogP contribution >= 0.6 is 0 Å². The summed E-state index contributed by atoms with van der Waals surface area (Å²) in [5.41, 5.74) is -2.34. The number of alkyl halides is 2. The zero-order chi connectivity index (χ0) is 23.5. The van der Waals surface area contributed by atoms with Gasteiger partial charge in [-0.25, -0.2) is 22.0 Å². The Morgan fingerprint density at radius 3 is 1.94 bits per heavy atom. The molecule has 0 saturated heterocycles. The predicted molar refractivity (Wildman–Crippen MR) is 95.9 cm³/mol. The van der Waals surface area contributed by atoms with E-state index in [0.29, 0.717) is 0 Å². The van der Waals surface area contributed by atoms with Gasteiger partial charge in [-0.2, -0.15) is 8.78 Å². The fourth-order valence-corrected chi connectivity index (χ4v) is 3.64. The second kappa shape index (κ2) is 7.24. The number of carbonyl (C=O) groups excluding carboxylic acids is 1. The topological polar surface area (TPSA) is 45.1 Å².